The molecule has 1 aliphatic heterocycles. The molecule has 0 aliphatic carbocycles. The van der Waals surface area contributed by atoms with Crippen molar-refractivity contribution in [2.45, 2.75) is 19.4 Å². The molecule has 0 amide bonds. The van der Waals surface area contributed by atoms with Gasteiger partial charge in [-0.2, -0.15) is 5.10 Å². The zero-order valence-corrected chi connectivity index (χ0v) is 16.8. The third-order valence-electron chi connectivity index (χ3n) is 5.86. The van der Waals surface area contributed by atoms with Crippen LogP contribution in [0.15, 0.2) is 48.9 Å². The molecule has 1 fully saturated rings. The minimum absolute atomic E-state index is 0.338. The zero-order valence-electron chi connectivity index (χ0n) is 16.8. The van der Waals surface area contributed by atoms with Gasteiger partial charge in [-0.15, -0.1) is 0 Å². The molecule has 0 saturated carbocycles. The lowest BCUT2D eigenvalue weighted by atomic mass is 10.0. The Morgan fingerprint density at radius 1 is 1.10 bits per heavy atom. The van der Waals surface area contributed by atoms with Crippen LogP contribution in [0.5, 0.6) is 0 Å². The van der Waals surface area contributed by atoms with Gasteiger partial charge in [-0.25, -0.2) is 14.4 Å². The van der Waals surface area contributed by atoms with Crippen molar-refractivity contribution < 1.29 is 4.39 Å². The van der Waals surface area contributed by atoms with Crippen LogP contribution in [0.2, 0.25) is 0 Å². The first-order valence-corrected chi connectivity index (χ1v) is 10.4. The summed E-state index contributed by atoms with van der Waals surface area (Å²) in [5.41, 5.74) is 4.76. The Hall–Kier alpha value is -3.65. The average molecular weight is 413 g/mol. The Labute approximate surface area is 177 Å². The van der Waals surface area contributed by atoms with Crippen molar-refractivity contribution in [3.8, 4) is 22.6 Å². The molecule has 31 heavy (non-hydrogen) atoms. The fraction of sp³-hybridized carbons (Fsp3) is 0.217. The molecule has 8 heteroatoms. The van der Waals surface area contributed by atoms with Crippen LogP contribution >= 0.6 is 0 Å². The summed E-state index contributed by atoms with van der Waals surface area (Å²) < 4.78 is 15.8. The summed E-state index contributed by atoms with van der Waals surface area (Å²) in [6.07, 6.45) is 7.73. The maximum atomic E-state index is 15.8. The van der Waals surface area contributed by atoms with Gasteiger partial charge in [-0.1, -0.05) is 0 Å². The van der Waals surface area contributed by atoms with E-state index in [1.54, 1.807) is 18.5 Å². The van der Waals surface area contributed by atoms with E-state index in [1.165, 1.54) is 12.8 Å². The Morgan fingerprint density at radius 2 is 2.00 bits per heavy atom. The molecule has 154 valence electrons. The lowest BCUT2D eigenvalue weighted by molar-refractivity contribution is 0.331. The summed E-state index contributed by atoms with van der Waals surface area (Å²) in [4.78, 5) is 18.7. The van der Waals surface area contributed by atoms with Crippen LogP contribution < -0.4 is 0 Å². The third-order valence-corrected chi connectivity index (χ3v) is 5.86. The van der Waals surface area contributed by atoms with E-state index in [0.29, 0.717) is 39.1 Å². The van der Waals surface area contributed by atoms with E-state index in [2.05, 4.69) is 35.0 Å². The van der Waals surface area contributed by atoms with Crippen molar-refractivity contribution in [1.29, 1.82) is 0 Å². The predicted octanol–water partition coefficient (Wildman–Crippen LogP) is 4.30. The van der Waals surface area contributed by atoms with E-state index in [-0.39, 0.29) is 5.82 Å². The summed E-state index contributed by atoms with van der Waals surface area (Å²) in [6, 6.07) is 9.32. The first-order chi connectivity index (χ1) is 15.3. The third kappa shape index (κ3) is 3.16. The second-order valence-electron chi connectivity index (χ2n) is 7.94. The summed E-state index contributed by atoms with van der Waals surface area (Å²) in [7, 11) is 0. The number of pyridine rings is 2. The largest absolute Gasteiger partial charge is 0.321 e. The number of aromatic amines is 2. The van der Waals surface area contributed by atoms with E-state index < -0.39 is 0 Å². The molecule has 2 N–H and O–H groups in total. The normalized spacial score (nSPS) is 14.7. The topological polar surface area (TPSA) is 86.4 Å². The molecule has 0 spiro atoms. The van der Waals surface area contributed by atoms with Gasteiger partial charge in [-0.3, -0.25) is 15.0 Å². The summed E-state index contributed by atoms with van der Waals surface area (Å²) in [6.45, 7) is 3.05. The summed E-state index contributed by atoms with van der Waals surface area (Å²) in [5.74, 6) is 0.145. The number of halogens is 1. The smallest absolute Gasteiger partial charge is 0.161 e. The van der Waals surface area contributed by atoms with Crippen molar-refractivity contribution in [3.05, 3.63) is 60.3 Å². The highest BCUT2D eigenvalue weighted by molar-refractivity contribution is 5.96. The second-order valence-corrected chi connectivity index (χ2v) is 7.94. The van der Waals surface area contributed by atoms with Gasteiger partial charge in [0.25, 0.3) is 0 Å². The van der Waals surface area contributed by atoms with Gasteiger partial charge in [0.05, 0.1) is 10.9 Å². The minimum Gasteiger partial charge on any atom is -0.321 e. The molecule has 5 heterocycles. The molecule has 4 aromatic heterocycles. The van der Waals surface area contributed by atoms with Gasteiger partial charge >= 0.3 is 0 Å². The number of imidazole rings is 1. The second kappa shape index (κ2) is 7.24. The van der Waals surface area contributed by atoms with Gasteiger partial charge in [0, 0.05) is 36.3 Å². The fourth-order valence-electron chi connectivity index (χ4n) is 4.34. The maximum absolute atomic E-state index is 15.8. The number of H-pyrrole nitrogens is 2. The predicted molar refractivity (Wildman–Crippen MR) is 117 cm³/mol. The van der Waals surface area contributed by atoms with Crippen LogP contribution in [0, 0.1) is 5.82 Å². The lowest BCUT2D eigenvalue weighted by Gasteiger charge is -2.15. The Balaban J connectivity index is 1.44. The van der Waals surface area contributed by atoms with Crippen molar-refractivity contribution in [1.82, 2.24) is 35.0 Å². The van der Waals surface area contributed by atoms with Crippen molar-refractivity contribution in [2.24, 2.45) is 0 Å². The summed E-state index contributed by atoms with van der Waals surface area (Å²) >= 11 is 0. The van der Waals surface area contributed by atoms with E-state index in [4.69, 9.17) is 0 Å². The molecule has 0 bridgehead atoms. The molecular formula is C23H20FN7. The van der Waals surface area contributed by atoms with E-state index in [1.807, 2.05) is 30.5 Å². The zero-order chi connectivity index (χ0) is 20.8. The van der Waals surface area contributed by atoms with Crippen molar-refractivity contribution >= 4 is 22.1 Å². The number of likely N-dealkylation sites (tertiary alicyclic amines) is 1. The highest BCUT2D eigenvalue weighted by Crippen LogP contribution is 2.33. The number of nitrogens with zero attached hydrogens (tertiary/aromatic N) is 5. The van der Waals surface area contributed by atoms with Crippen LogP contribution in [0.25, 0.3) is 44.7 Å². The van der Waals surface area contributed by atoms with Crippen molar-refractivity contribution in [2.75, 3.05) is 13.1 Å². The molecule has 5 aromatic rings. The molecular weight excluding hydrogens is 393 g/mol. The van der Waals surface area contributed by atoms with Crippen LogP contribution in [0.4, 0.5) is 4.39 Å². The average Bonchev–Trinajstić information content (AvgIpc) is 3.53. The monoisotopic (exact) mass is 413 g/mol. The van der Waals surface area contributed by atoms with Gasteiger partial charge < -0.3 is 4.98 Å². The van der Waals surface area contributed by atoms with Gasteiger partial charge in [0.2, 0.25) is 0 Å². The SMILES string of the molecule is Fc1c(-c2cncc(CN3CCCC3)c2)ccc2[nH]nc(-c3nc4cccnc4[nH]3)c12. The first kappa shape index (κ1) is 18.1. The molecule has 0 unspecified atom stereocenters. The molecule has 1 aromatic carbocycles. The maximum Gasteiger partial charge on any atom is 0.161 e. The Kier molecular flexibility index (Phi) is 4.24. The van der Waals surface area contributed by atoms with Crippen LogP contribution in [-0.4, -0.2) is 48.1 Å². The lowest BCUT2D eigenvalue weighted by Crippen LogP contribution is -2.18. The van der Waals surface area contributed by atoms with E-state index in [0.717, 1.165) is 30.8 Å². The number of nitrogens with one attached hydrogen (secondary N) is 2. The Morgan fingerprint density at radius 3 is 2.87 bits per heavy atom. The molecule has 7 nitrogen and oxygen atoms in total. The number of aromatic nitrogens is 6. The van der Waals surface area contributed by atoms with E-state index >= 15 is 4.39 Å². The molecule has 0 radical (unpaired) electrons. The van der Waals surface area contributed by atoms with Crippen molar-refractivity contribution in [3.63, 3.8) is 0 Å². The minimum atomic E-state index is -0.338. The van der Waals surface area contributed by atoms with Crippen LogP contribution in [0.3, 0.4) is 0 Å². The van der Waals surface area contributed by atoms with Gasteiger partial charge in [-0.05, 0) is 61.8 Å². The Bertz CT molecular complexity index is 1360. The van der Waals surface area contributed by atoms with Crippen LogP contribution in [-0.2, 0) is 6.54 Å². The summed E-state index contributed by atoms with van der Waals surface area (Å²) in [5, 5.41) is 7.66. The molecule has 6 rings (SSSR count). The van der Waals surface area contributed by atoms with E-state index in [9.17, 15) is 0 Å². The van der Waals surface area contributed by atoms with Gasteiger partial charge in [0.15, 0.2) is 11.5 Å². The molecule has 1 saturated heterocycles. The number of hydrogen-bond acceptors (Lipinski definition) is 5. The van der Waals surface area contributed by atoms with Gasteiger partial charge in [0.1, 0.15) is 17.0 Å². The molecule has 1 aliphatic rings. The highest BCUT2D eigenvalue weighted by Gasteiger charge is 2.20. The highest BCUT2D eigenvalue weighted by atomic mass is 19.1. The standard InChI is InChI=1S/C23H20FN7/c24-20-16(15-10-14(11-25-12-15)13-31-8-1-2-9-31)5-6-17-19(20)21(30-29-17)23-27-18-4-3-7-26-22(18)28-23/h3-7,10-12H,1-2,8-9,13H2,(H,29,30)(H,26,27,28). The fourth-order valence-corrected chi connectivity index (χ4v) is 4.34. The number of fused-ring (bicyclic) bond motifs is 2. The first-order valence-electron chi connectivity index (χ1n) is 10.4. The number of hydrogen-bond donors (Lipinski definition) is 2. The number of benzene rings is 1. The number of rotatable bonds is 4. The molecule has 0 atom stereocenters. The van der Waals surface area contributed by atoms with Crippen LogP contribution in [0.1, 0.15) is 18.4 Å². The quantitative estimate of drug-likeness (QED) is 0.459.